The lowest BCUT2D eigenvalue weighted by Gasteiger charge is -2.16. The number of benzene rings is 1. The first kappa shape index (κ1) is 20.4. The van der Waals surface area contributed by atoms with Crippen molar-refractivity contribution in [1.29, 1.82) is 0 Å². The highest BCUT2D eigenvalue weighted by Gasteiger charge is 2.18. The molecule has 24 heavy (non-hydrogen) atoms. The van der Waals surface area contributed by atoms with Gasteiger partial charge in [0.2, 0.25) is 0 Å². The molecular formula is C18H29NO5. The van der Waals surface area contributed by atoms with E-state index in [4.69, 9.17) is 19.3 Å². The van der Waals surface area contributed by atoms with E-state index >= 15 is 0 Å². The van der Waals surface area contributed by atoms with Crippen molar-refractivity contribution in [2.24, 2.45) is 0 Å². The van der Waals surface area contributed by atoms with Gasteiger partial charge in [-0.25, -0.2) is 0 Å². The number of carboxylic acid groups (broad SMARTS) is 1. The molecule has 1 aliphatic heterocycles. The summed E-state index contributed by atoms with van der Waals surface area (Å²) in [5.41, 5.74) is 0.966. The Morgan fingerprint density at radius 2 is 2.00 bits per heavy atom. The quantitative estimate of drug-likeness (QED) is 0.698. The average Bonchev–Trinajstić information content (AvgIpc) is 3.14. The van der Waals surface area contributed by atoms with Crippen molar-refractivity contribution in [2.45, 2.75) is 33.0 Å². The SMILES string of the molecule is CC.CN(CCCOc1cccc(C2OCCO2)c1)CCC(=O)O. The molecule has 0 aromatic heterocycles. The van der Waals surface area contributed by atoms with Gasteiger partial charge in [-0.3, -0.25) is 4.79 Å². The number of hydrogen-bond donors (Lipinski definition) is 1. The molecule has 1 saturated heterocycles. The van der Waals surface area contributed by atoms with Crippen LogP contribution in [0.25, 0.3) is 0 Å². The van der Waals surface area contributed by atoms with E-state index in [0.717, 1.165) is 24.3 Å². The van der Waals surface area contributed by atoms with E-state index in [1.54, 1.807) is 0 Å². The number of rotatable bonds is 9. The molecule has 2 rings (SSSR count). The minimum absolute atomic E-state index is 0.167. The van der Waals surface area contributed by atoms with Crippen molar-refractivity contribution in [2.75, 3.05) is 40.0 Å². The van der Waals surface area contributed by atoms with Crippen LogP contribution in [0.15, 0.2) is 24.3 Å². The van der Waals surface area contributed by atoms with E-state index in [1.807, 2.05) is 50.1 Å². The van der Waals surface area contributed by atoms with Gasteiger partial charge in [0.15, 0.2) is 6.29 Å². The molecule has 0 radical (unpaired) electrons. The number of aliphatic carboxylic acids is 1. The Balaban J connectivity index is 0.00000139. The summed E-state index contributed by atoms with van der Waals surface area (Å²) in [6, 6.07) is 7.73. The Bertz CT molecular complexity index is 474. The summed E-state index contributed by atoms with van der Waals surface area (Å²) in [5.74, 6) is 0.0288. The minimum Gasteiger partial charge on any atom is -0.494 e. The summed E-state index contributed by atoms with van der Waals surface area (Å²) in [7, 11) is 1.92. The molecule has 1 aromatic carbocycles. The zero-order chi connectivity index (χ0) is 17.8. The van der Waals surface area contributed by atoms with E-state index in [9.17, 15) is 4.79 Å². The van der Waals surface area contributed by atoms with Gasteiger partial charge in [-0.05, 0) is 25.6 Å². The molecule has 0 spiro atoms. The number of nitrogens with zero attached hydrogens (tertiary/aromatic N) is 1. The van der Waals surface area contributed by atoms with Gasteiger partial charge in [-0.2, -0.15) is 0 Å². The van der Waals surface area contributed by atoms with E-state index in [-0.39, 0.29) is 12.7 Å². The maximum absolute atomic E-state index is 10.5. The Labute approximate surface area is 144 Å². The Morgan fingerprint density at radius 3 is 2.67 bits per heavy atom. The molecule has 1 heterocycles. The molecule has 1 N–H and O–H groups in total. The highest BCUT2D eigenvalue weighted by molar-refractivity contribution is 5.66. The third-order valence-corrected chi connectivity index (χ3v) is 3.41. The van der Waals surface area contributed by atoms with Crippen LogP contribution in [0.2, 0.25) is 0 Å². The highest BCUT2D eigenvalue weighted by Crippen LogP contribution is 2.26. The fraction of sp³-hybridized carbons (Fsp3) is 0.611. The van der Waals surface area contributed by atoms with Crippen LogP contribution in [0.4, 0.5) is 0 Å². The van der Waals surface area contributed by atoms with Crippen LogP contribution in [0.5, 0.6) is 5.75 Å². The van der Waals surface area contributed by atoms with Crippen LogP contribution in [0, 0.1) is 0 Å². The average molecular weight is 339 g/mol. The van der Waals surface area contributed by atoms with Crippen molar-refractivity contribution in [3.63, 3.8) is 0 Å². The topological polar surface area (TPSA) is 68.2 Å². The standard InChI is InChI=1S/C16H23NO5.C2H6/c1-17(8-6-15(18)19)7-3-9-20-14-5-2-4-13(12-14)16-21-10-11-22-16;1-2/h2,4-5,12,16H,3,6-11H2,1H3,(H,18,19);1-2H3. The normalized spacial score (nSPS) is 14.3. The zero-order valence-electron chi connectivity index (χ0n) is 14.9. The lowest BCUT2D eigenvalue weighted by atomic mass is 10.2. The second-order valence-electron chi connectivity index (χ2n) is 5.30. The summed E-state index contributed by atoms with van der Waals surface area (Å²) in [5, 5.41) is 8.63. The summed E-state index contributed by atoms with van der Waals surface area (Å²) < 4.78 is 16.7. The maximum atomic E-state index is 10.5. The largest absolute Gasteiger partial charge is 0.494 e. The summed E-state index contributed by atoms with van der Waals surface area (Å²) in [6.45, 7) is 7.20. The van der Waals surface area contributed by atoms with Crippen LogP contribution in [-0.4, -0.2) is 55.9 Å². The molecule has 6 nitrogen and oxygen atoms in total. The van der Waals surface area contributed by atoms with Crippen molar-refractivity contribution in [3.05, 3.63) is 29.8 Å². The van der Waals surface area contributed by atoms with E-state index in [0.29, 0.717) is 26.4 Å². The van der Waals surface area contributed by atoms with Crippen LogP contribution in [0.3, 0.4) is 0 Å². The van der Waals surface area contributed by atoms with E-state index in [1.165, 1.54) is 0 Å². The summed E-state index contributed by atoms with van der Waals surface area (Å²) >= 11 is 0. The van der Waals surface area contributed by atoms with E-state index in [2.05, 4.69) is 0 Å². The molecular weight excluding hydrogens is 310 g/mol. The summed E-state index contributed by atoms with van der Waals surface area (Å²) in [6.07, 6.45) is 0.725. The van der Waals surface area contributed by atoms with Gasteiger partial charge in [0.1, 0.15) is 5.75 Å². The van der Waals surface area contributed by atoms with Gasteiger partial charge in [-0.1, -0.05) is 26.0 Å². The number of carboxylic acids is 1. The molecule has 0 aliphatic carbocycles. The monoisotopic (exact) mass is 339 g/mol. The van der Waals surface area contributed by atoms with Crippen molar-refractivity contribution >= 4 is 5.97 Å². The Kier molecular flexibility index (Phi) is 10.1. The van der Waals surface area contributed by atoms with Gasteiger partial charge in [0.05, 0.1) is 26.2 Å². The molecule has 136 valence electrons. The van der Waals surface area contributed by atoms with Crippen LogP contribution in [-0.2, 0) is 14.3 Å². The number of hydrogen-bond acceptors (Lipinski definition) is 5. The van der Waals surface area contributed by atoms with Crippen LogP contribution in [0.1, 0.15) is 38.5 Å². The third kappa shape index (κ3) is 7.77. The second kappa shape index (κ2) is 11.8. The lowest BCUT2D eigenvalue weighted by Crippen LogP contribution is -2.24. The molecule has 1 fully saturated rings. The minimum atomic E-state index is -0.767. The van der Waals surface area contributed by atoms with Gasteiger partial charge in [-0.15, -0.1) is 0 Å². The fourth-order valence-electron chi connectivity index (χ4n) is 2.22. The third-order valence-electron chi connectivity index (χ3n) is 3.41. The number of carbonyl (C=O) groups is 1. The molecule has 0 unspecified atom stereocenters. The maximum Gasteiger partial charge on any atom is 0.304 e. The second-order valence-corrected chi connectivity index (χ2v) is 5.30. The van der Waals surface area contributed by atoms with Gasteiger partial charge >= 0.3 is 5.97 Å². The van der Waals surface area contributed by atoms with Crippen molar-refractivity contribution in [1.82, 2.24) is 4.90 Å². The van der Waals surface area contributed by atoms with Crippen LogP contribution >= 0.6 is 0 Å². The first-order chi connectivity index (χ1) is 11.6. The molecule has 1 aliphatic rings. The Hall–Kier alpha value is -1.63. The zero-order valence-corrected chi connectivity index (χ0v) is 14.9. The molecule has 0 amide bonds. The highest BCUT2D eigenvalue weighted by atomic mass is 16.7. The van der Waals surface area contributed by atoms with E-state index < -0.39 is 5.97 Å². The van der Waals surface area contributed by atoms with Crippen LogP contribution < -0.4 is 4.74 Å². The summed E-state index contributed by atoms with van der Waals surface area (Å²) in [4.78, 5) is 12.5. The fourth-order valence-corrected chi connectivity index (χ4v) is 2.22. The predicted octanol–water partition coefficient (Wildman–Crippen LogP) is 2.93. The van der Waals surface area contributed by atoms with Crippen molar-refractivity contribution < 1.29 is 24.1 Å². The smallest absolute Gasteiger partial charge is 0.304 e. The lowest BCUT2D eigenvalue weighted by molar-refractivity contribution is -0.137. The molecule has 0 saturated carbocycles. The first-order valence-electron chi connectivity index (χ1n) is 8.51. The first-order valence-corrected chi connectivity index (χ1v) is 8.51. The molecule has 0 atom stereocenters. The Morgan fingerprint density at radius 1 is 1.29 bits per heavy atom. The molecule has 0 bridgehead atoms. The van der Waals surface area contributed by atoms with Gasteiger partial charge in [0, 0.05) is 18.7 Å². The van der Waals surface area contributed by atoms with Gasteiger partial charge < -0.3 is 24.2 Å². The van der Waals surface area contributed by atoms with Crippen molar-refractivity contribution in [3.8, 4) is 5.75 Å². The van der Waals surface area contributed by atoms with Gasteiger partial charge in [0.25, 0.3) is 0 Å². The predicted molar refractivity (Wildman–Crippen MR) is 92.3 cm³/mol. The molecule has 1 aromatic rings. The number of ether oxygens (including phenoxy) is 3. The molecule has 6 heteroatoms.